The molecule has 0 fully saturated rings. The van der Waals surface area contributed by atoms with Gasteiger partial charge in [0.15, 0.2) is 11.6 Å². The standard InChI is InChI=1S/C23H23FN8O3S/c1-32-21(29-30-22(32)20-9-10-25-14-28-20)13-26-16-6-3-5-15(11-16)23(33)27-12-17-18(24)7-4-8-19(17)31-36(2,34)35/h3-11,14,26,31H,12-13H2,1-2H3,(H,27,33). The molecule has 0 saturated heterocycles. The van der Waals surface area contributed by atoms with E-state index in [1.165, 1.54) is 24.5 Å². The van der Waals surface area contributed by atoms with E-state index in [1.807, 2.05) is 11.6 Å². The van der Waals surface area contributed by atoms with E-state index in [0.29, 0.717) is 35.1 Å². The second-order valence-corrected chi connectivity index (χ2v) is 9.60. The normalized spacial score (nSPS) is 11.2. The Bertz CT molecular complexity index is 1490. The molecule has 2 aromatic carbocycles. The molecule has 186 valence electrons. The van der Waals surface area contributed by atoms with E-state index in [4.69, 9.17) is 0 Å². The van der Waals surface area contributed by atoms with Gasteiger partial charge < -0.3 is 15.2 Å². The summed E-state index contributed by atoms with van der Waals surface area (Å²) >= 11 is 0. The molecule has 0 radical (unpaired) electrons. The number of nitrogens with one attached hydrogen (secondary N) is 3. The average Bonchev–Trinajstić information content (AvgIpc) is 3.22. The lowest BCUT2D eigenvalue weighted by atomic mass is 10.1. The van der Waals surface area contributed by atoms with Gasteiger partial charge in [0.2, 0.25) is 10.0 Å². The lowest BCUT2D eigenvalue weighted by molar-refractivity contribution is 0.0950. The second kappa shape index (κ2) is 10.5. The molecule has 0 saturated carbocycles. The number of benzene rings is 2. The van der Waals surface area contributed by atoms with Crippen LogP contribution in [0.1, 0.15) is 21.7 Å². The minimum absolute atomic E-state index is 0.0346. The zero-order valence-corrected chi connectivity index (χ0v) is 20.3. The molecule has 2 heterocycles. The van der Waals surface area contributed by atoms with Crippen molar-refractivity contribution in [3.8, 4) is 11.5 Å². The molecule has 4 rings (SSSR count). The van der Waals surface area contributed by atoms with Crippen LogP contribution in [0.4, 0.5) is 15.8 Å². The van der Waals surface area contributed by atoms with Gasteiger partial charge in [0.05, 0.1) is 18.5 Å². The molecule has 4 aromatic rings. The van der Waals surface area contributed by atoms with Gasteiger partial charge in [-0.15, -0.1) is 10.2 Å². The highest BCUT2D eigenvalue weighted by atomic mass is 32.2. The molecule has 0 unspecified atom stereocenters. The quantitative estimate of drug-likeness (QED) is 0.311. The van der Waals surface area contributed by atoms with Crippen molar-refractivity contribution in [3.05, 3.63) is 83.8 Å². The summed E-state index contributed by atoms with van der Waals surface area (Å²) in [7, 11) is -1.79. The molecule has 0 bridgehead atoms. The third kappa shape index (κ3) is 5.99. The Labute approximate surface area is 206 Å². The number of aromatic nitrogens is 5. The molecule has 0 aliphatic rings. The molecule has 0 spiro atoms. The van der Waals surface area contributed by atoms with E-state index < -0.39 is 21.7 Å². The SMILES string of the molecule is Cn1c(CNc2cccc(C(=O)NCc3c(F)cccc3NS(C)(=O)=O)c2)nnc1-c1ccncn1. The third-order valence-corrected chi connectivity index (χ3v) is 5.78. The maximum atomic E-state index is 14.3. The number of rotatable bonds is 9. The summed E-state index contributed by atoms with van der Waals surface area (Å²) in [5, 5.41) is 14.2. The van der Waals surface area contributed by atoms with Crippen molar-refractivity contribution < 1.29 is 17.6 Å². The number of hydrogen-bond acceptors (Lipinski definition) is 8. The summed E-state index contributed by atoms with van der Waals surface area (Å²) in [6.45, 7) is 0.140. The second-order valence-electron chi connectivity index (χ2n) is 7.85. The summed E-state index contributed by atoms with van der Waals surface area (Å²) in [5.74, 6) is 0.172. The number of carbonyl (C=O) groups excluding carboxylic acids is 1. The lowest BCUT2D eigenvalue weighted by Gasteiger charge is -2.13. The van der Waals surface area contributed by atoms with Crippen LogP contribution in [0.2, 0.25) is 0 Å². The van der Waals surface area contributed by atoms with Crippen LogP contribution >= 0.6 is 0 Å². The molecule has 3 N–H and O–H groups in total. The van der Waals surface area contributed by atoms with Gasteiger partial charge in [0.25, 0.3) is 5.91 Å². The van der Waals surface area contributed by atoms with E-state index >= 15 is 0 Å². The molecular formula is C23H23FN8O3S. The Morgan fingerprint density at radius 3 is 2.64 bits per heavy atom. The number of anilines is 2. The first-order chi connectivity index (χ1) is 17.2. The smallest absolute Gasteiger partial charge is 0.251 e. The average molecular weight is 511 g/mol. The van der Waals surface area contributed by atoms with Crippen LogP contribution in [-0.4, -0.2) is 45.3 Å². The van der Waals surface area contributed by atoms with E-state index in [0.717, 1.165) is 6.26 Å². The topological polar surface area (TPSA) is 144 Å². The van der Waals surface area contributed by atoms with Crippen LogP contribution in [0.3, 0.4) is 0 Å². The molecule has 1 amide bonds. The van der Waals surface area contributed by atoms with Crippen LogP contribution < -0.4 is 15.4 Å². The van der Waals surface area contributed by atoms with Crippen LogP contribution in [0, 0.1) is 5.82 Å². The van der Waals surface area contributed by atoms with Gasteiger partial charge in [-0.25, -0.2) is 22.8 Å². The minimum Gasteiger partial charge on any atom is -0.378 e. The van der Waals surface area contributed by atoms with E-state index in [-0.39, 0.29) is 17.8 Å². The first-order valence-electron chi connectivity index (χ1n) is 10.7. The van der Waals surface area contributed by atoms with Crippen molar-refractivity contribution in [2.75, 3.05) is 16.3 Å². The largest absolute Gasteiger partial charge is 0.378 e. The predicted molar refractivity (Wildman–Crippen MR) is 132 cm³/mol. The lowest BCUT2D eigenvalue weighted by Crippen LogP contribution is -2.24. The van der Waals surface area contributed by atoms with Crippen molar-refractivity contribution in [3.63, 3.8) is 0 Å². The van der Waals surface area contributed by atoms with Gasteiger partial charge in [0, 0.05) is 36.6 Å². The fraction of sp³-hybridized carbons (Fsp3) is 0.174. The van der Waals surface area contributed by atoms with Gasteiger partial charge in [-0.1, -0.05) is 12.1 Å². The Kier molecular flexibility index (Phi) is 7.20. The molecule has 11 nitrogen and oxygen atoms in total. The van der Waals surface area contributed by atoms with Gasteiger partial charge in [-0.2, -0.15) is 0 Å². The van der Waals surface area contributed by atoms with E-state index in [9.17, 15) is 17.6 Å². The highest BCUT2D eigenvalue weighted by molar-refractivity contribution is 7.92. The number of hydrogen-bond donors (Lipinski definition) is 3. The molecule has 0 aliphatic carbocycles. The van der Waals surface area contributed by atoms with Crippen molar-refractivity contribution in [1.82, 2.24) is 30.0 Å². The zero-order valence-electron chi connectivity index (χ0n) is 19.4. The summed E-state index contributed by atoms with van der Waals surface area (Å²) in [4.78, 5) is 20.8. The van der Waals surface area contributed by atoms with E-state index in [1.54, 1.807) is 36.5 Å². The minimum atomic E-state index is -3.61. The third-order valence-electron chi connectivity index (χ3n) is 5.19. The molecule has 36 heavy (non-hydrogen) atoms. The zero-order chi connectivity index (χ0) is 25.7. The van der Waals surface area contributed by atoms with Crippen molar-refractivity contribution >= 4 is 27.3 Å². The number of nitrogens with zero attached hydrogens (tertiary/aromatic N) is 5. The fourth-order valence-corrected chi connectivity index (χ4v) is 4.01. The highest BCUT2D eigenvalue weighted by Crippen LogP contribution is 2.20. The highest BCUT2D eigenvalue weighted by Gasteiger charge is 2.15. The molecular weight excluding hydrogens is 487 g/mol. The van der Waals surface area contributed by atoms with Crippen LogP contribution in [-0.2, 0) is 30.2 Å². The van der Waals surface area contributed by atoms with Gasteiger partial charge in [0.1, 0.15) is 17.8 Å². The van der Waals surface area contributed by atoms with E-state index in [2.05, 4.69) is 35.5 Å². The summed E-state index contributed by atoms with van der Waals surface area (Å²) in [5.41, 5.74) is 1.76. The number of halogens is 1. The van der Waals surface area contributed by atoms with Crippen LogP contribution in [0.25, 0.3) is 11.5 Å². The number of sulfonamides is 1. The molecule has 0 aliphatic heterocycles. The Balaban J connectivity index is 1.42. The molecule has 0 atom stereocenters. The monoisotopic (exact) mass is 510 g/mol. The first kappa shape index (κ1) is 24.7. The maximum absolute atomic E-state index is 14.3. The van der Waals surface area contributed by atoms with Crippen molar-refractivity contribution in [1.29, 1.82) is 0 Å². The number of carbonyl (C=O) groups is 1. The van der Waals surface area contributed by atoms with Gasteiger partial charge in [-0.05, 0) is 36.4 Å². The van der Waals surface area contributed by atoms with Crippen molar-refractivity contribution in [2.24, 2.45) is 7.05 Å². The van der Waals surface area contributed by atoms with Crippen molar-refractivity contribution in [2.45, 2.75) is 13.1 Å². The first-order valence-corrected chi connectivity index (χ1v) is 12.6. The van der Waals surface area contributed by atoms with Gasteiger partial charge in [-0.3, -0.25) is 9.52 Å². The maximum Gasteiger partial charge on any atom is 0.251 e. The number of amides is 1. The Hall–Kier alpha value is -4.39. The summed E-state index contributed by atoms with van der Waals surface area (Å²) < 4.78 is 41.6. The summed E-state index contributed by atoms with van der Waals surface area (Å²) in [6.07, 6.45) is 4.03. The van der Waals surface area contributed by atoms with Gasteiger partial charge >= 0.3 is 0 Å². The Morgan fingerprint density at radius 2 is 1.89 bits per heavy atom. The molecule has 13 heteroatoms. The Morgan fingerprint density at radius 1 is 1.08 bits per heavy atom. The van der Waals surface area contributed by atoms with Crippen LogP contribution in [0.5, 0.6) is 0 Å². The van der Waals surface area contributed by atoms with Crippen LogP contribution in [0.15, 0.2) is 61.1 Å². The predicted octanol–water partition coefficient (Wildman–Crippen LogP) is 2.32. The molecule has 2 aromatic heterocycles. The fourth-order valence-electron chi connectivity index (χ4n) is 3.42. The summed E-state index contributed by atoms with van der Waals surface area (Å²) in [6, 6.07) is 12.5.